The Balaban J connectivity index is 2.74. The monoisotopic (exact) mass is 193 g/mol. The van der Waals surface area contributed by atoms with Crippen LogP contribution in [0.25, 0.3) is 11.0 Å². The van der Waals surface area contributed by atoms with Crippen molar-refractivity contribution in [2.45, 2.75) is 13.0 Å². The van der Waals surface area contributed by atoms with Crippen LogP contribution in [0.1, 0.15) is 18.8 Å². The first-order valence-corrected chi connectivity index (χ1v) is 4.47. The minimum atomic E-state index is -0.253. The van der Waals surface area contributed by atoms with Crippen molar-refractivity contribution in [1.82, 2.24) is 9.55 Å². The Morgan fingerprint density at radius 1 is 1.50 bits per heavy atom. The van der Waals surface area contributed by atoms with Gasteiger partial charge in [0.25, 0.3) is 0 Å². The quantitative estimate of drug-likeness (QED) is 0.749. The van der Waals surface area contributed by atoms with Gasteiger partial charge in [0.15, 0.2) is 0 Å². The van der Waals surface area contributed by atoms with Gasteiger partial charge in [0.2, 0.25) is 0 Å². The normalized spacial score (nSPS) is 13.4. The summed E-state index contributed by atoms with van der Waals surface area (Å²) in [4.78, 5) is 4.32. The molecule has 0 radical (unpaired) electrons. The zero-order valence-corrected chi connectivity index (χ0v) is 8.16. The van der Waals surface area contributed by atoms with Gasteiger partial charge < -0.3 is 10.3 Å². The van der Waals surface area contributed by atoms with Gasteiger partial charge in [-0.05, 0) is 25.1 Å². The summed E-state index contributed by atoms with van der Waals surface area (Å²) in [5, 5.41) is 0. The van der Waals surface area contributed by atoms with Crippen molar-refractivity contribution in [2.75, 3.05) is 0 Å². The number of fused-ring (bicyclic) bond motifs is 1. The highest BCUT2D eigenvalue weighted by Crippen LogP contribution is 2.18. The summed E-state index contributed by atoms with van der Waals surface area (Å²) in [6.45, 7) is 1.86. The van der Waals surface area contributed by atoms with Gasteiger partial charge in [0.05, 0.1) is 17.1 Å². The Hall–Kier alpha value is -1.42. The standard InChI is InChI=1S/C10H12FN3/c1-6(12)10-13-8-4-3-7(11)5-9(8)14(10)2/h3-6H,12H2,1-2H3. The Kier molecular flexibility index (Phi) is 2.00. The molecule has 74 valence electrons. The van der Waals surface area contributed by atoms with Crippen molar-refractivity contribution in [3.05, 3.63) is 29.8 Å². The number of aromatic nitrogens is 2. The molecule has 0 saturated heterocycles. The molecule has 0 aliphatic heterocycles. The second kappa shape index (κ2) is 3.06. The Morgan fingerprint density at radius 2 is 2.21 bits per heavy atom. The minimum absolute atomic E-state index is 0.143. The molecule has 0 fully saturated rings. The summed E-state index contributed by atoms with van der Waals surface area (Å²) in [6.07, 6.45) is 0. The molecule has 1 atom stereocenters. The topological polar surface area (TPSA) is 43.8 Å². The second-order valence-electron chi connectivity index (χ2n) is 3.45. The number of benzene rings is 1. The van der Waals surface area contributed by atoms with Crippen molar-refractivity contribution in [3.8, 4) is 0 Å². The number of hydrogen-bond donors (Lipinski definition) is 1. The van der Waals surface area contributed by atoms with Gasteiger partial charge in [0, 0.05) is 7.05 Å². The SMILES string of the molecule is CC(N)c1nc2ccc(F)cc2n1C. The van der Waals surface area contributed by atoms with Crippen LogP contribution in [0.15, 0.2) is 18.2 Å². The van der Waals surface area contributed by atoms with Crippen LogP contribution >= 0.6 is 0 Å². The van der Waals surface area contributed by atoms with Crippen LogP contribution in [0.2, 0.25) is 0 Å². The van der Waals surface area contributed by atoms with Gasteiger partial charge >= 0.3 is 0 Å². The molecule has 4 heteroatoms. The highest BCUT2D eigenvalue weighted by Gasteiger charge is 2.10. The maximum Gasteiger partial charge on any atom is 0.126 e. The average molecular weight is 193 g/mol. The Bertz CT molecular complexity index is 473. The van der Waals surface area contributed by atoms with Crippen LogP contribution in [-0.4, -0.2) is 9.55 Å². The number of aryl methyl sites for hydroxylation is 1. The number of halogens is 1. The highest BCUT2D eigenvalue weighted by molar-refractivity contribution is 5.76. The summed E-state index contributed by atoms with van der Waals surface area (Å²) >= 11 is 0. The number of nitrogens with zero attached hydrogens (tertiary/aromatic N) is 2. The van der Waals surface area contributed by atoms with Crippen LogP contribution in [0.3, 0.4) is 0 Å². The van der Waals surface area contributed by atoms with Crippen LogP contribution in [0, 0.1) is 5.82 Å². The summed E-state index contributed by atoms with van der Waals surface area (Å²) in [5.41, 5.74) is 7.29. The van der Waals surface area contributed by atoms with E-state index < -0.39 is 0 Å². The zero-order valence-electron chi connectivity index (χ0n) is 8.16. The molecule has 14 heavy (non-hydrogen) atoms. The van der Waals surface area contributed by atoms with Crippen molar-refractivity contribution >= 4 is 11.0 Å². The van der Waals surface area contributed by atoms with E-state index in [1.54, 1.807) is 6.07 Å². The third-order valence-electron chi connectivity index (χ3n) is 2.28. The van der Waals surface area contributed by atoms with Gasteiger partial charge in [0.1, 0.15) is 11.6 Å². The fourth-order valence-corrected chi connectivity index (χ4v) is 1.59. The average Bonchev–Trinajstić information content (AvgIpc) is 2.44. The molecular weight excluding hydrogens is 181 g/mol. The molecular formula is C10H12FN3. The molecule has 2 aromatic rings. The molecule has 1 aromatic carbocycles. The summed E-state index contributed by atoms with van der Waals surface area (Å²) in [6, 6.07) is 4.39. The van der Waals surface area contributed by atoms with Crippen molar-refractivity contribution < 1.29 is 4.39 Å². The van der Waals surface area contributed by atoms with Crippen molar-refractivity contribution in [1.29, 1.82) is 0 Å². The first kappa shape index (κ1) is 9.15. The smallest absolute Gasteiger partial charge is 0.126 e. The molecule has 1 aromatic heterocycles. The third-order valence-corrected chi connectivity index (χ3v) is 2.28. The largest absolute Gasteiger partial charge is 0.330 e. The van der Waals surface area contributed by atoms with Gasteiger partial charge in [-0.2, -0.15) is 0 Å². The summed E-state index contributed by atoms with van der Waals surface area (Å²) in [7, 11) is 1.84. The van der Waals surface area contributed by atoms with Gasteiger partial charge in [-0.15, -0.1) is 0 Å². The molecule has 0 aliphatic rings. The molecule has 0 amide bonds. The molecule has 0 bridgehead atoms. The zero-order chi connectivity index (χ0) is 10.3. The van der Waals surface area contributed by atoms with Crippen LogP contribution in [0.4, 0.5) is 4.39 Å². The summed E-state index contributed by atoms with van der Waals surface area (Å²) in [5.74, 6) is 0.516. The second-order valence-corrected chi connectivity index (χ2v) is 3.45. The molecule has 0 saturated carbocycles. The highest BCUT2D eigenvalue weighted by atomic mass is 19.1. The van der Waals surface area contributed by atoms with Crippen LogP contribution < -0.4 is 5.73 Å². The number of rotatable bonds is 1. The van der Waals surface area contributed by atoms with E-state index in [4.69, 9.17) is 5.73 Å². The molecule has 3 nitrogen and oxygen atoms in total. The maximum atomic E-state index is 13.0. The lowest BCUT2D eigenvalue weighted by Gasteiger charge is -2.04. The van der Waals surface area contributed by atoms with E-state index in [1.165, 1.54) is 12.1 Å². The Morgan fingerprint density at radius 3 is 2.86 bits per heavy atom. The number of imidazole rings is 1. The van der Waals surface area contributed by atoms with Gasteiger partial charge in [-0.1, -0.05) is 0 Å². The predicted octanol–water partition coefficient (Wildman–Crippen LogP) is 1.73. The molecule has 1 heterocycles. The fourth-order valence-electron chi connectivity index (χ4n) is 1.59. The molecule has 0 aliphatic carbocycles. The number of hydrogen-bond acceptors (Lipinski definition) is 2. The van der Waals surface area contributed by atoms with Crippen LogP contribution in [-0.2, 0) is 7.05 Å². The lowest BCUT2D eigenvalue weighted by atomic mass is 10.3. The van der Waals surface area contributed by atoms with Crippen LogP contribution in [0.5, 0.6) is 0 Å². The van der Waals surface area contributed by atoms with E-state index in [0.29, 0.717) is 0 Å². The minimum Gasteiger partial charge on any atom is -0.330 e. The van der Waals surface area contributed by atoms with E-state index >= 15 is 0 Å². The fraction of sp³-hybridized carbons (Fsp3) is 0.300. The molecule has 2 N–H and O–H groups in total. The van der Waals surface area contributed by atoms with E-state index in [1.807, 2.05) is 18.5 Å². The van der Waals surface area contributed by atoms with E-state index in [9.17, 15) is 4.39 Å². The lowest BCUT2D eigenvalue weighted by Crippen LogP contribution is -2.11. The molecule has 0 spiro atoms. The first-order valence-electron chi connectivity index (χ1n) is 4.47. The third kappa shape index (κ3) is 1.28. The summed E-state index contributed by atoms with van der Waals surface area (Å²) < 4.78 is 14.8. The van der Waals surface area contributed by atoms with Crippen molar-refractivity contribution in [2.24, 2.45) is 12.8 Å². The lowest BCUT2D eigenvalue weighted by molar-refractivity contribution is 0.628. The van der Waals surface area contributed by atoms with Gasteiger partial charge in [-0.3, -0.25) is 0 Å². The maximum absolute atomic E-state index is 13.0. The Labute approximate surface area is 81.4 Å². The predicted molar refractivity (Wildman–Crippen MR) is 53.3 cm³/mol. The molecule has 1 unspecified atom stereocenters. The van der Waals surface area contributed by atoms with E-state index in [2.05, 4.69) is 4.98 Å². The van der Waals surface area contributed by atoms with Crippen molar-refractivity contribution in [3.63, 3.8) is 0 Å². The van der Waals surface area contributed by atoms with E-state index in [0.717, 1.165) is 16.9 Å². The van der Waals surface area contributed by atoms with E-state index in [-0.39, 0.29) is 11.9 Å². The number of nitrogens with two attached hydrogens (primary N) is 1. The van der Waals surface area contributed by atoms with Gasteiger partial charge in [-0.25, -0.2) is 9.37 Å². The molecule has 2 rings (SSSR count). The first-order chi connectivity index (χ1) is 6.59.